The lowest BCUT2D eigenvalue weighted by molar-refractivity contribution is 0.590. The van der Waals surface area contributed by atoms with Gasteiger partial charge in [0.2, 0.25) is 0 Å². The molecule has 1 heterocycles. The first-order valence-corrected chi connectivity index (χ1v) is 29.2. The van der Waals surface area contributed by atoms with Crippen molar-refractivity contribution in [1.82, 2.24) is 0 Å². The highest BCUT2D eigenvalue weighted by Crippen LogP contribution is 2.66. The van der Waals surface area contributed by atoms with Crippen molar-refractivity contribution in [1.29, 1.82) is 0 Å². The van der Waals surface area contributed by atoms with Gasteiger partial charge < -0.3 is 9.80 Å². The van der Waals surface area contributed by atoms with Gasteiger partial charge in [0, 0.05) is 27.8 Å². The second kappa shape index (κ2) is 21.4. The number of hydrogen-bond acceptors (Lipinski definition) is 2. The maximum atomic E-state index is 2.58. The van der Waals surface area contributed by atoms with Crippen molar-refractivity contribution < 1.29 is 0 Å². The van der Waals surface area contributed by atoms with E-state index in [9.17, 15) is 0 Å². The number of hydrogen-bond donors (Lipinski definition) is 0. The quantitative estimate of drug-likeness (QED) is 0.169. The Bertz CT molecular complexity index is 4270. The molecular formula is C79H72N2S. The highest BCUT2D eigenvalue weighted by molar-refractivity contribution is 7.59. The fourth-order valence-corrected chi connectivity index (χ4v) is 13.7. The van der Waals surface area contributed by atoms with Crippen LogP contribution >= 0.6 is 13.5 Å². The normalized spacial score (nSPS) is 13.8. The Morgan fingerprint density at radius 2 is 1.00 bits per heavy atom. The molecule has 0 atom stereocenters. The molecule has 82 heavy (non-hydrogen) atoms. The van der Waals surface area contributed by atoms with Crippen LogP contribution in [0, 0.1) is 27.7 Å². The molecule has 0 aromatic heterocycles. The Kier molecular flexibility index (Phi) is 14.1. The molecule has 0 saturated heterocycles. The van der Waals surface area contributed by atoms with E-state index in [0.29, 0.717) is 0 Å². The number of anilines is 5. The fraction of sp³-hybridized carbons (Fsp3) is 0.165. The number of allylic oxidation sites excluding steroid dienone is 3. The molecule has 0 unspecified atom stereocenters. The molecule has 0 bridgehead atoms. The van der Waals surface area contributed by atoms with Gasteiger partial charge in [0.05, 0.1) is 22.5 Å². The molecule has 3 heteroatoms. The number of aryl methyl sites for hydroxylation is 3. The van der Waals surface area contributed by atoms with Gasteiger partial charge in [-0.3, -0.25) is 0 Å². The molecule has 0 saturated carbocycles. The first-order valence-electron chi connectivity index (χ1n) is 29.2. The van der Waals surface area contributed by atoms with Crippen molar-refractivity contribution in [2.24, 2.45) is 0 Å². The van der Waals surface area contributed by atoms with Crippen LogP contribution in [0.15, 0.2) is 242 Å². The SMILES string of the molecule is CC.Cc1cccc(N(c2ccc(C3=CC4=C(CC3)c3c5c(cc6cccc(c36)N4c3ccc(C(C)(C)C)cc3)C3(c4ccccc4-c4ccccc43)c3ccccc3-5)cc2)c2cccc3ccccc23)c1C.Cc1ccccc1C.S. The lowest BCUT2D eigenvalue weighted by atomic mass is 9.69. The van der Waals surface area contributed by atoms with Crippen LogP contribution in [-0.2, 0) is 10.8 Å². The number of benzene rings is 11. The Balaban J connectivity index is 0.000000555. The molecule has 2 nitrogen and oxygen atoms in total. The van der Waals surface area contributed by atoms with Crippen LogP contribution in [0.25, 0.3) is 54.9 Å². The van der Waals surface area contributed by atoms with Crippen LogP contribution in [0.1, 0.15) is 109 Å². The average Bonchev–Trinajstić information content (AvgIpc) is 2.87. The first kappa shape index (κ1) is 54.0. The standard InChI is InChI=1S/C69H54N2.C8H10.C2H6.H2S/c1-43-17-14-28-61(44(43)2)70(62-29-15-19-46-18-6-7-21-52(46)62)50-36-31-45(32-37-50)47-33-40-56-64(42-47)71(51-38-34-49(35-39-51)68(3,4)5)63-30-16-20-48-41-60-66(67(56)65(48)63)55-24-10-13-27-59(55)69(60)57-25-11-8-22-53(57)54-23-9-12-26-58(54)69;1-7-5-3-4-6-8(7)2;1-2;/h6-32,34-39,41-42H,33,40H2,1-5H3;3-6H,1-2H3;1-2H3;1H2. The zero-order valence-corrected chi connectivity index (χ0v) is 49.8. The van der Waals surface area contributed by atoms with E-state index in [2.05, 4.69) is 295 Å². The molecule has 1 spiro atoms. The second-order valence-corrected chi connectivity index (χ2v) is 23.3. The number of fused-ring (bicyclic) bond motifs is 13. The van der Waals surface area contributed by atoms with Gasteiger partial charge >= 0.3 is 0 Å². The molecule has 11 aromatic carbocycles. The Labute approximate surface area is 493 Å². The van der Waals surface area contributed by atoms with E-state index in [1.165, 1.54) is 145 Å². The number of nitrogens with zero attached hydrogens (tertiary/aromatic N) is 2. The summed E-state index contributed by atoms with van der Waals surface area (Å²) in [5.41, 5.74) is 29.9. The minimum absolute atomic E-state index is 0. The van der Waals surface area contributed by atoms with E-state index in [0.717, 1.165) is 18.5 Å². The van der Waals surface area contributed by atoms with E-state index in [1.54, 1.807) is 0 Å². The maximum Gasteiger partial charge on any atom is 0.0725 e. The van der Waals surface area contributed by atoms with E-state index in [1.807, 2.05) is 13.8 Å². The van der Waals surface area contributed by atoms with Gasteiger partial charge in [0.15, 0.2) is 0 Å². The summed E-state index contributed by atoms with van der Waals surface area (Å²) in [7, 11) is 0. The Morgan fingerprint density at radius 1 is 0.463 bits per heavy atom. The summed E-state index contributed by atoms with van der Waals surface area (Å²) in [6.07, 6.45) is 4.40. The summed E-state index contributed by atoms with van der Waals surface area (Å²) in [6.45, 7) is 19.6. The van der Waals surface area contributed by atoms with Crippen LogP contribution in [0.4, 0.5) is 28.4 Å². The highest BCUT2D eigenvalue weighted by atomic mass is 32.1. The minimum Gasteiger partial charge on any atom is -0.310 e. The molecule has 11 aromatic rings. The van der Waals surface area contributed by atoms with Gasteiger partial charge in [-0.05, 0) is 206 Å². The third kappa shape index (κ3) is 8.55. The lowest BCUT2D eigenvalue weighted by Crippen LogP contribution is -2.26. The van der Waals surface area contributed by atoms with Gasteiger partial charge in [0.1, 0.15) is 0 Å². The molecule has 0 N–H and O–H groups in total. The number of rotatable bonds is 5. The third-order valence-electron chi connectivity index (χ3n) is 17.9. The molecule has 0 fully saturated rings. The largest absolute Gasteiger partial charge is 0.310 e. The van der Waals surface area contributed by atoms with E-state index < -0.39 is 5.41 Å². The van der Waals surface area contributed by atoms with Crippen molar-refractivity contribution in [3.63, 3.8) is 0 Å². The van der Waals surface area contributed by atoms with Gasteiger partial charge in [0.25, 0.3) is 0 Å². The lowest BCUT2D eigenvalue weighted by Gasteiger charge is -2.38. The first-order chi connectivity index (χ1) is 39.5. The minimum atomic E-state index is -0.422. The van der Waals surface area contributed by atoms with Crippen molar-refractivity contribution in [3.05, 3.63) is 303 Å². The van der Waals surface area contributed by atoms with Gasteiger partial charge in [-0.15, -0.1) is 0 Å². The monoisotopic (exact) mass is 1080 g/mol. The summed E-state index contributed by atoms with van der Waals surface area (Å²) in [5.74, 6) is 0. The van der Waals surface area contributed by atoms with Crippen LogP contribution < -0.4 is 9.80 Å². The van der Waals surface area contributed by atoms with E-state index >= 15 is 0 Å². The Morgan fingerprint density at radius 3 is 1.66 bits per heavy atom. The summed E-state index contributed by atoms with van der Waals surface area (Å²) < 4.78 is 0. The topological polar surface area (TPSA) is 6.48 Å². The second-order valence-electron chi connectivity index (χ2n) is 23.3. The van der Waals surface area contributed by atoms with Crippen molar-refractivity contribution in [2.75, 3.05) is 9.80 Å². The summed E-state index contributed by atoms with van der Waals surface area (Å²) in [5, 5.41) is 5.10. The molecule has 0 amide bonds. The van der Waals surface area contributed by atoms with Gasteiger partial charge in [-0.25, -0.2) is 0 Å². The molecule has 0 radical (unpaired) electrons. The molecular weight excluding hydrogens is 1010 g/mol. The summed E-state index contributed by atoms with van der Waals surface area (Å²) in [6, 6.07) is 86.5. The van der Waals surface area contributed by atoms with Crippen LogP contribution in [0.5, 0.6) is 0 Å². The summed E-state index contributed by atoms with van der Waals surface area (Å²) >= 11 is 0. The smallest absolute Gasteiger partial charge is 0.0725 e. The highest BCUT2D eigenvalue weighted by Gasteiger charge is 2.53. The molecule has 404 valence electrons. The average molecular weight is 1080 g/mol. The van der Waals surface area contributed by atoms with Crippen LogP contribution in [0.3, 0.4) is 0 Å². The molecule has 15 rings (SSSR count). The van der Waals surface area contributed by atoms with Gasteiger partial charge in [-0.1, -0.05) is 217 Å². The Hall–Kier alpha value is -8.63. The van der Waals surface area contributed by atoms with Crippen molar-refractivity contribution >= 4 is 74.6 Å². The van der Waals surface area contributed by atoms with E-state index in [4.69, 9.17) is 0 Å². The zero-order valence-electron chi connectivity index (χ0n) is 48.8. The molecule has 3 aliphatic carbocycles. The summed E-state index contributed by atoms with van der Waals surface area (Å²) in [4.78, 5) is 5.04. The van der Waals surface area contributed by atoms with Crippen LogP contribution in [0.2, 0.25) is 0 Å². The fourth-order valence-electron chi connectivity index (χ4n) is 13.7. The van der Waals surface area contributed by atoms with Crippen molar-refractivity contribution in [2.45, 2.75) is 86.0 Å². The maximum absolute atomic E-state index is 2.58. The predicted octanol–water partition coefficient (Wildman–Crippen LogP) is 21.9. The van der Waals surface area contributed by atoms with Crippen molar-refractivity contribution in [3.8, 4) is 22.3 Å². The van der Waals surface area contributed by atoms with E-state index in [-0.39, 0.29) is 18.9 Å². The molecule has 4 aliphatic rings. The van der Waals surface area contributed by atoms with Gasteiger partial charge in [-0.2, -0.15) is 13.5 Å². The third-order valence-corrected chi connectivity index (χ3v) is 17.9. The van der Waals surface area contributed by atoms with Crippen LogP contribution in [-0.4, -0.2) is 0 Å². The zero-order chi connectivity index (χ0) is 55.7. The molecule has 1 aliphatic heterocycles. The predicted molar refractivity (Wildman–Crippen MR) is 357 cm³/mol.